The highest BCUT2D eigenvalue weighted by atomic mass is 16.5. The third-order valence-electron chi connectivity index (χ3n) is 3.31. The number of carbonyl (C=O) groups excluding carboxylic acids is 2. The average Bonchev–Trinajstić information content (AvgIpc) is 2.89. The van der Waals surface area contributed by atoms with E-state index in [4.69, 9.17) is 15.2 Å². The smallest absolute Gasteiger partial charge is 0.361 e. The number of rotatable bonds is 4. The Hall–Kier alpha value is -2.09. The van der Waals surface area contributed by atoms with Crippen molar-refractivity contribution in [2.75, 3.05) is 38.6 Å². The minimum Gasteiger partial charge on any atom is -0.461 e. The van der Waals surface area contributed by atoms with Crippen molar-refractivity contribution in [1.29, 1.82) is 0 Å². The number of morpholine rings is 1. The molecule has 1 fully saturated rings. The number of aromatic nitrogens is 2. The summed E-state index contributed by atoms with van der Waals surface area (Å²) in [6.07, 6.45) is 1.48. The summed E-state index contributed by atoms with van der Waals surface area (Å²) >= 11 is 0. The minimum absolute atomic E-state index is 0.0403. The van der Waals surface area contributed by atoms with Crippen LogP contribution >= 0.6 is 0 Å². The Morgan fingerprint density at radius 2 is 2.14 bits per heavy atom. The number of hydrogen-bond donors (Lipinski definition) is 1. The normalized spacial score (nSPS) is 16.6. The number of carbonyl (C=O) groups is 2. The van der Waals surface area contributed by atoms with Crippen LogP contribution in [-0.4, -0.2) is 59.5 Å². The first-order valence-electron chi connectivity index (χ1n) is 6.92. The first kappa shape index (κ1) is 15.3. The molecule has 1 saturated heterocycles. The molecular formula is C13H20N4O4. The Morgan fingerprint density at radius 1 is 1.48 bits per heavy atom. The van der Waals surface area contributed by atoms with Crippen LogP contribution in [0.1, 0.15) is 30.4 Å². The van der Waals surface area contributed by atoms with Crippen molar-refractivity contribution in [3.05, 3.63) is 11.9 Å². The lowest BCUT2D eigenvalue weighted by Crippen LogP contribution is -2.43. The molecule has 2 heterocycles. The summed E-state index contributed by atoms with van der Waals surface area (Å²) in [7, 11) is 0. The van der Waals surface area contributed by atoms with Gasteiger partial charge in [-0.2, -0.15) is 5.10 Å². The Labute approximate surface area is 122 Å². The molecule has 0 bridgehead atoms. The molecule has 0 aromatic carbocycles. The first-order chi connectivity index (χ1) is 10.0. The number of nitrogens with two attached hydrogens (primary N) is 1. The van der Waals surface area contributed by atoms with Gasteiger partial charge in [0.05, 0.1) is 25.5 Å². The van der Waals surface area contributed by atoms with Crippen LogP contribution in [0.2, 0.25) is 0 Å². The van der Waals surface area contributed by atoms with Crippen molar-refractivity contribution < 1.29 is 19.1 Å². The van der Waals surface area contributed by atoms with Crippen LogP contribution in [0.15, 0.2) is 6.20 Å². The van der Waals surface area contributed by atoms with E-state index in [1.54, 1.807) is 18.7 Å². The molecule has 2 rings (SSSR count). The SMILES string of the molecule is CCOC(=O)c1nn(C(C)C(=O)N2CCOCC2)cc1N. The summed E-state index contributed by atoms with van der Waals surface area (Å²) in [6, 6.07) is -0.534. The third kappa shape index (κ3) is 3.33. The molecule has 8 heteroatoms. The van der Waals surface area contributed by atoms with E-state index in [0.717, 1.165) is 0 Å². The van der Waals surface area contributed by atoms with Gasteiger partial charge in [0, 0.05) is 19.3 Å². The van der Waals surface area contributed by atoms with E-state index in [1.165, 1.54) is 10.9 Å². The molecule has 1 amide bonds. The van der Waals surface area contributed by atoms with E-state index in [1.807, 2.05) is 0 Å². The van der Waals surface area contributed by atoms with Gasteiger partial charge in [0.25, 0.3) is 0 Å². The number of anilines is 1. The van der Waals surface area contributed by atoms with Gasteiger partial charge in [-0.3, -0.25) is 9.48 Å². The number of hydrogen-bond acceptors (Lipinski definition) is 6. The minimum atomic E-state index is -0.584. The molecule has 1 unspecified atom stereocenters. The lowest BCUT2D eigenvalue weighted by Gasteiger charge is -2.29. The summed E-state index contributed by atoms with van der Waals surface area (Å²) in [4.78, 5) is 25.8. The Balaban J connectivity index is 2.11. The standard InChI is InChI=1S/C13H20N4O4/c1-3-21-13(19)11-10(14)8-17(15-11)9(2)12(18)16-4-6-20-7-5-16/h8-9H,3-7,14H2,1-2H3. The molecule has 0 saturated carbocycles. The van der Waals surface area contributed by atoms with E-state index in [-0.39, 0.29) is 23.9 Å². The summed E-state index contributed by atoms with van der Waals surface area (Å²) in [5, 5.41) is 4.08. The third-order valence-corrected chi connectivity index (χ3v) is 3.31. The lowest BCUT2D eigenvalue weighted by molar-refractivity contribution is -0.138. The van der Waals surface area contributed by atoms with E-state index in [9.17, 15) is 9.59 Å². The van der Waals surface area contributed by atoms with E-state index in [0.29, 0.717) is 26.3 Å². The van der Waals surface area contributed by atoms with Crippen LogP contribution in [0.5, 0.6) is 0 Å². The number of esters is 1. The average molecular weight is 296 g/mol. The number of amides is 1. The molecule has 1 aliphatic heterocycles. The Kier molecular flexibility index (Phi) is 4.79. The maximum Gasteiger partial charge on any atom is 0.361 e. The summed E-state index contributed by atoms with van der Waals surface area (Å²) in [5.74, 6) is -0.656. The van der Waals surface area contributed by atoms with Crippen molar-refractivity contribution in [3.8, 4) is 0 Å². The summed E-state index contributed by atoms with van der Waals surface area (Å²) in [5.41, 5.74) is 6.00. The fourth-order valence-corrected chi connectivity index (χ4v) is 2.12. The van der Waals surface area contributed by atoms with Crippen LogP contribution in [-0.2, 0) is 14.3 Å². The highest BCUT2D eigenvalue weighted by molar-refractivity contribution is 5.92. The summed E-state index contributed by atoms with van der Waals surface area (Å²) < 4.78 is 11.5. The van der Waals surface area contributed by atoms with Gasteiger partial charge in [0.2, 0.25) is 5.91 Å². The van der Waals surface area contributed by atoms with Gasteiger partial charge in [0.1, 0.15) is 6.04 Å². The highest BCUT2D eigenvalue weighted by Crippen LogP contribution is 2.17. The van der Waals surface area contributed by atoms with Crippen LogP contribution in [0.25, 0.3) is 0 Å². The molecular weight excluding hydrogens is 276 g/mol. The van der Waals surface area contributed by atoms with Crippen LogP contribution in [0.3, 0.4) is 0 Å². The number of ether oxygens (including phenoxy) is 2. The van der Waals surface area contributed by atoms with Crippen molar-refractivity contribution in [1.82, 2.24) is 14.7 Å². The molecule has 1 aromatic rings. The highest BCUT2D eigenvalue weighted by Gasteiger charge is 2.26. The second kappa shape index (κ2) is 6.57. The second-order valence-corrected chi connectivity index (χ2v) is 4.75. The zero-order valence-electron chi connectivity index (χ0n) is 12.2. The molecule has 1 aromatic heterocycles. The monoisotopic (exact) mass is 296 g/mol. The lowest BCUT2D eigenvalue weighted by atomic mass is 10.2. The van der Waals surface area contributed by atoms with Gasteiger partial charge in [-0.1, -0.05) is 0 Å². The van der Waals surface area contributed by atoms with Gasteiger partial charge in [0.15, 0.2) is 5.69 Å². The Bertz CT molecular complexity index is 522. The predicted molar refractivity (Wildman–Crippen MR) is 74.7 cm³/mol. The molecule has 8 nitrogen and oxygen atoms in total. The van der Waals surface area contributed by atoms with Crippen LogP contribution < -0.4 is 5.73 Å². The number of nitrogen functional groups attached to an aromatic ring is 1. The fourth-order valence-electron chi connectivity index (χ4n) is 2.12. The first-order valence-corrected chi connectivity index (χ1v) is 6.92. The van der Waals surface area contributed by atoms with Gasteiger partial charge in [-0.05, 0) is 13.8 Å². The molecule has 0 radical (unpaired) electrons. The van der Waals surface area contributed by atoms with Gasteiger partial charge in [-0.15, -0.1) is 0 Å². The largest absolute Gasteiger partial charge is 0.461 e. The second-order valence-electron chi connectivity index (χ2n) is 4.75. The maximum atomic E-state index is 12.4. The zero-order valence-corrected chi connectivity index (χ0v) is 12.2. The topological polar surface area (TPSA) is 99.7 Å². The van der Waals surface area contributed by atoms with Gasteiger partial charge < -0.3 is 20.1 Å². The predicted octanol–water partition coefficient (Wildman–Crippen LogP) is 0.0618. The molecule has 1 aliphatic rings. The molecule has 0 spiro atoms. The molecule has 21 heavy (non-hydrogen) atoms. The zero-order chi connectivity index (χ0) is 15.4. The fraction of sp³-hybridized carbons (Fsp3) is 0.615. The van der Waals surface area contributed by atoms with E-state index < -0.39 is 12.0 Å². The molecule has 0 aliphatic carbocycles. The molecule has 116 valence electrons. The van der Waals surface area contributed by atoms with E-state index in [2.05, 4.69) is 5.10 Å². The van der Waals surface area contributed by atoms with Crippen LogP contribution in [0, 0.1) is 0 Å². The molecule has 1 atom stereocenters. The Morgan fingerprint density at radius 3 is 2.76 bits per heavy atom. The number of nitrogens with zero attached hydrogens (tertiary/aromatic N) is 3. The van der Waals surface area contributed by atoms with Gasteiger partial charge in [-0.25, -0.2) is 4.79 Å². The van der Waals surface area contributed by atoms with Gasteiger partial charge >= 0.3 is 5.97 Å². The quantitative estimate of drug-likeness (QED) is 0.789. The van der Waals surface area contributed by atoms with Crippen molar-refractivity contribution >= 4 is 17.6 Å². The van der Waals surface area contributed by atoms with Crippen molar-refractivity contribution in [2.45, 2.75) is 19.9 Å². The van der Waals surface area contributed by atoms with Crippen molar-refractivity contribution in [2.24, 2.45) is 0 Å². The maximum absolute atomic E-state index is 12.4. The van der Waals surface area contributed by atoms with E-state index >= 15 is 0 Å². The van der Waals surface area contributed by atoms with Crippen LogP contribution in [0.4, 0.5) is 5.69 Å². The summed E-state index contributed by atoms with van der Waals surface area (Å²) in [6.45, 7) is 5.86. The van der Waals surface area contributed by atoms with Crippen molar-refractivity contribution in [3.63, 3.8) is 0 Å². The molecule has 2 N–H and O–H groups in total.